The van der Waals surface area contributed by atoms with Crippen LogP contribution in [-0.4, -0.2) is 50.3 Å². The number of halogens is 2. The van der Waals surface area contributed by atoms with Gasteiger partial charge in [-0.05, 0) is 47.6 Å². The minimum Gasteiger partial charge on any atom is -0.303 e. The Bertz CT molecular complexity index is 594. The molecule has 0 saturated carbocycles. The molecule has 0 radical (unpaired) electrons. The number of alkyl halides is 1. The summed E-state index contributed by atoms with van der Waals surface area (Å²) in [7, 11) is -1.47. The second-order valence-electron chi connectivity index (χ2n) is 5.13. The summed E-state index contributed by atoms with van der Waals surface area (Å²) in [5, 5.41) is 0. The van der Waals surface area contributed by atoms with Gasteiger partial charge in [0.1, 0.15) is 0 Å². The number of hydrogen-bond acceptors (Lipinski definition) is 3. The van der Waals surface area contributed by atoms with Gasteiger partial charge in [-0.15, -0.1) is 11.6 Å². The van der Waals surface area contributed by atoms with Crippen molar-refractivity contribution in [2.75, 3.05) is 26.7 Å². The molecule has 0 aliphatic carbocycles. The standard InChI is InChI=1S/C13H18BrClN2O2S/c1-10-9-16(2)5-6-17(10)20(18,19)13-4-3-11(8-15)7-12(13)14/h3-4,7,10H,5-6,8-9H2,1-2H3. The number of benzene rings is 1. The van der Waals surface area contributed by atoms with Gasteiger partial charge in [-0.2, -0.15) is 4.31 Å². The molecule has 112 valence electrons. The van der Waals surface area contributed by atoms with E-state index in [0.717, 1.165) is 18.7 Å². The first-order valence-electron chi connectivity index (χ1n) is 6.41. The quantitative estimate of drug-likeness (QED) is 0.755. The third-order valence-electron chi connectivity index (χ3n) is 3.51. The molecule has 1 atom stereocenters. The first-order chi connectivity index (χ1) is 9.36. The van der Waals surface area contributed by atoms with Crippen LogP contribution in [0.3, 0.4) is 0 Å². The van der Waals surface area contributed by atoms with Crippen molar-refractivity contribution in [2.45, 2.75) is 23.7 Å². The highest BCUT2D eigenvalue weighted by Gasteiger charge is 2.33. The molecule has 0 amide bonds. The predicted octanol–water partition coefficient (Wildman–Crippen LogP) is 2.51. The Morgan fingerprint density at radius 1 is 1.40 bits per heavy atom. The number of nitrogens with zero attached hydrogens (tertiary/aromatic N) is 2. The maximum Gasteiger partial charge on any atom is 0.244 e. The van der Waals surface area contributed by atoms with Crippen molar-refractivity contribution in [3.63, 3.8) is 0 Å². The lowest BCUT2D eigenvalue weighted by Crippen LogP contribution is -2.52. The second kappa shape index (κ2) is 6.32. The van der Waals surface area contributed by atoms with Gasteiger partial charge in [0.25, 0.3) is 0 Å². The molecular weight excluding hydrogens is 364 g/mol. The molecule has 0 bridgehead atoms. The summed E-state index contributed by atoms with van der Waals surface area (Å²) in [4.78, 5) is 2.45. The van der Waals surface area contributed by atoms with E-state index in [-0.39, 0.29) is 6.04 Å². The largest absolute Gasteiger partial charge is 0.303 e. The van der Waals surface area contributed by atoms with Gasteiger partial charge in [0.2, 0.25) is 10.0 Å². The topological polar surface area (TPSA) is 40.6 Å². The minimum absolute atomic E-state index is 0.0293. The Morgan fingerprint density at radius 2 is 2.10 bits per heavy atom. The molecular formula is C13H18BrClN2O2S. The summed E-state index contributed by atoms with van der Waals surface area (Å²) in [6, 6.07) is 5.12. The van der Waals surface area contributed by atoms with Gasteiger partial charge in [-0.25, -0.2) is 8.42 Å². The molecule has 1 aliphatic heterocycles. The van der Waals surface area contributed by atoms with Crippen molar-refractivity contribution < 1.29 is 8.42 Å². The van der Waals surface area contributed by atoms with Crippen LogP contribution in [-0.2, 0) is 15.9 Å². The normalized spacial score (nSPS) is 22.1. The fourth-order valence-corrected chi connectivity index (χ4v) is 5.31. The van der Waals surface area contributed by atoms with E-state index in [2.05, 4.69) is 20.8 Å². The van der Waals surface area contributed by atoms with E-state index in [4.69, 9.17) is 11.6 Å². The molecule has 0 N–H and O–H groups in total. The van der Waals surface area contributed by atoms with Gasteiger partial charge in [-0.1, -0.05) is 6.07 Å². The van der Waals surface area contributed by atoms with Gasteiger partial charge >= 0.3 is 0 Å². The van der Waals surface area contributed by atoms with E-state index >= 15 is 0 Å². The van der Waals surface area contributed by atoms with E-state index in [1.165, 1.54) is 0 Å². The third-order valence-corrected chi connectivity index (χ3v) is 6.81. The molecule has 0 spiro atoms. The molecule has 0 aromatic heterocycles. The summed E-state index contributed by atoms with van der Waals surface area (Å²) in [5.41, 5.74) is 0.893. The Hall–Kier alpha value is -0.140. The molecule has 1 unspecified atom stereocenters. The molecule has 4 nitrogen and oxygen atoms in total. The average molecular weight is 382 g/mol. The smallest absolute Gasteiger partial charge is 0.244 e. The molecule has 2 rings (SSSR count). The van der Waals surface area contributed by atoms with Crippen LogP contribution in [0.5, 0.6) is 0 Å². The van der Waals surface area contributed by atoms with Crippen molar-refractivity contribution in [2.24, 2.45) is 0 Å². The number of rotatable bonds is 3. The summed E-state index contributed by atoms with van der Waals surface area (Å²) < 4.78 is 27.7. The number of hydrogen-bond donors (Lipinski definition) is 0. The zero-order valence-electron chi connectivity index (χ0n) is 11.5. The first-order valence-corrected chi connectivity index (χ1v) is 9.18. The van der Waals surface area contributed by atoms with E-state index in [1.807, 2.05) is 14.0 Å². The van der Waals surface area contributed by atoms with E-state index < -0.39 is 10.0 Å². The van der Waals surface area contributed by atoms with Crippen LogP contribution in [0, 0.1) is 0 Å². The molecule has 7 heteroatoms. The van der Waals surface area contributed by atoms with Gasteiger partial charge in [-0.3, -0.25) is 0 Å². The Kier molecular flexibility index (Phi) is 5.13. The molecule has 1 aliphatic rings. The SMILES string of the molecule is CC1CN(C)CCN1S(=O)(=O)c1ccc(CCl)cc1Br. The highest BCUT2D eigenvalue weighted by atomic mass is 79.9. The highest BCUT2D eigenvalue weighted by molar-refractivity contribution is 9.10. The maximum atomic E-state index is 12.8. The summed E-state index contributed by atoms with van der Waals surface area (Å²) in [5.74, 6) is 0.365. The number of likely N-dealkylation sites (N-methyl/N-ethyl adjacent to an activating group) is 1. The van der Waals surface area contributed by atoms with Crippen molar-refractivity contribution in [3.8, 4) is 0 Å². The minimum atomic E-state index is -3.47. The lowest BCUT2D eigenvalue weighted by atomic mass is 10.2. The monoisotopic (exact) mass is 380 g/mol. The van der Waals surface area contributed by atoms with Gasteiger partial charge in [0, 0.05) is 36.0 Å². The summed E-state index contributed by atoms with van der Waals surface area (Å²) >= 11 is 9.11. The van der Waals surface area contributed by atoms with E-state index in [9.17, 15) is 8.42 Å². The van der Waals surface area contributed by atoms with Crippen molar-refractivity contribution in [3.05, 3.63) is 28.2 Å². The molecule has 1 saturated heterocycles. The van der Waals surface area contributed by atoms with Crippen molar-refractivity contribution >= 4 is 37.6 Å². The maximum absolute atomic E-state index is 12.8. The van der Waals surface area contributed by atoms with Crippen LogP contribution < -0.4 is 0 Å². The lowest BCUT2D eigenvalue weighted by molar-refractivity contribution is 0.170. The Balaban J connectivity index is 2.35. The van der Waals surface area contributed by atoms with Gasteiger partial charge in [0.15, 0.2) is 0 Å². The molecule has 1 heterocycles. The second-order valence-corrected chi connectivity index (χ2v) is 8.11. The van der Waals surface area contributed by atoms with E-state index in [1.54, 1.807) is 22.5 Å². The first kappa shape index (κ1) is 16.2. The molecule has 1 aromatic rings. The predicted molar refractivity (Wildman–Crippen MR) is 84.5 cm³/mol. The van der Waals surface area contributed by atoms with Crippen LogP contribution in [0.1, 0.15) is 12.5 Å². The fraction of sp³-hybridized carbons (Fsp3) is 0.538. The van der Waals surface area contributed by atoms with Crippen LogP contribution >= 0.6 is 27.5 Å². The van der Waals surface area contributed by atoms with Gasteiger partial charge in [0.05, 0.1) is 4.90 Å². The van der Waals surface area contributed by atoms with E-state index in [0.29, 0.717) is 21.8 Å². The van der Waals surface area contributed by atoms with Crippen molar-refractivity contribution in [1.29, 1.82) is 0 Å². The zero-order valence-corrected chi connectivity index (χ0v) is 14.7. The third kappa shape index (κ3) is 3.20. The Morgan fingerprint density at radius 3 is 2.65 bits per heavy atom. The van der Waals surface area contributed by atoms with Crippen LogP contribution in [0.4, 0.5) is 0 Å². The lowest BCUT2D eigenvalue weighted by Gasteiger charge is -2.37. The Labute approximate surface area is 133 Å². The summed E-state index contributed by atoms with van der Waals surface area (Å²) in [6.07, 6.45) is 0. The molecule has 20 heavy (non-hydrogen) atoms. The molecule has 1 aromatic carbocycles. The van der Waals surface area contributed by atoms with Crippen LogP contribution in [0.25, 0.3) is 0 Å². The average Bonchev–Trinajstić information content (AvgIpc) is 2.37. The van der Waals surface area contributed by atoms with Gasteiger partial charge < -0.3 is 4.90 Å². The van der Waals surface area contributed by atoms with Crippen molar-refractivity contribution in [1.82, 2.24) is 9.21 Å². The highest BCUT2D eigenvalue weighted by Crippen LogP contribution is 2.28. The summed E-state index contributed by atoms with van der Waals surface area (Å²) in [6.45, 7) is 3.95. The zero-order chi connectivity index (χ0) is 14.9. The fourth-order valence-electron chi connectivity index (χ4n) is 2.44. The van der Waals surface area contributed by atoms with Crippen LogP contribution in [0.2, 0.25) is 0 Å². The number of piperazine rings is 1. The number of sulfonamides is 1. The molecule has 1 fully saturated rings. The van der Waals surface area contributed by atoms with Crippen LogP contribution in [0.15, 0.2) is 27.6 Å².